The molecule has 3 rings (SSSR count). The molecule has 2 aromatic heterocycles. The molecule has 0 aliphatic carbocycles. The lowest BCUT2D eigenvalue weighted by Crippen LogP contribution is -2.01. The molecule has 4 nitrogen and oxygen atoms in total. The third kappa shape index (κ3) is 2.10. The van der Waals surface area contributed by atoms with Gasteiger partial charge in [0.05, 0.1) is 0 Å². The molecule has 0 radical (unpaired) electrons. The molecule has 5 heteroatoms. The van der Waals surface area contributed by atoms with Crippen LogP contribution in [0, 0.1) is 0 Å². The van der Waals surface area contributed by atoms with E-state index in [2.05, 4.69) is 24.0 Å². The minimum absolute atomic E-state index is 0.0799. The van der Waals surface area contributed by atoms with Gasteiger partial charge in [-0.15, -0.1) is 10.2 Å². The Labute approximate surface area is 114 Å². The molecule has 0 bridgehead atoms. The first-order valence-corrected chi connectivity index (χ1v) is 6.98. The van der Waals surface area contributed by atoms with Crippen molar-refractivity contribution in [2.24, 2.45) is 0 Å². The van der Waals surface area contributed by atoms with Gasteiger partial charge in [0.15, 0.2) is 5.16 Å². The highest BCUT2D eigenvalue weighted by Crippen LogP contribution is 2.21. The van der Waals surface area contributed by atoms with Crippen LogP contribution in [-0.2, 0) is 0 Å². The van der Waals surface area contributed by atoms with Gasteiger partial charge in [-0.2, -0.15) is 0 Å². The zero-order valence-corrected chi connectivity index (χ0v) is 11.5. The number of hydrogen-bond acceptors (Lipinski definition) is 4. The van der Waals surface area contributed by atoms with Gasteiger partial charge in [0.2, 0.25) is 11.1 Å². The molecule has 19 heavy (non-hydrogen) atoms. The minimum Gasteiger partial charge on any atom is -0.285 e. The van der Waals surface area contributed by atoms with Crippen LogP contribution in [0.3, 0.4) is 0 Å². The van der Waals surface area contributed by atoms with Crippen LogP contribution < -0.4 is 5.43 Å². The molecule has 0 fully saturated rings. The molecule has 0 saturated heterocycles. The van der Waals surface area contributed by atoms with Gasteiger partial charge in [-0.1, -0.05) is 49.9 Å². The largest absolute Gasteiger partial charge is 0.285 e. The van der Waals surface area contributed by atoms with Gasteiger partial charge in [-0.25, -0.2) is 0 Å². The van der Waals surface area contributed by atoms with Crippen molar-refractivity contribution in [3.8, 4) is 0 Å². The first kappa shape index (κ1) is 12.2. The van der Waals surface area contributed by atoms with Gasteiger partial charge in [0, 0.05) is 16.8 Å². The Morgan fingerprint density at radius 1 is 1.16 bits per heavy atom. The Morgan fingerprint density at radius 3 is 2.74 bits per heavy atom. The molecular formula is C14H13N3OS. The fourth-order valence-electron chi connectivity index (χ4n) is 1.98. The van der Waals surface area contributed by atoms with Crippen LogP contribution >= 0.6 is 11.8 Å². The first-order chi connectivity index (χ1) is 9.16. The van der Waals surface area contributed by atoms with E-state index in [4.69, 9.17) is 0 Å². The molecule has 0 amide bonds. The van der Waals surface area contributed by atoms with Crippen LogP contribution in [-0.4, -0.2) is 19.8 Å². The maximum atomic E-state index is 12.5. The average molecular weight is 271 g/mol. The number of aromatic nitrogens is 3. The van der Waals surface area contributed by atoms with Crippen molar-refractivity contribution in [2.45, 2.75) is 24.3 Å². The van der Waals surface area contributed by atoms with Gasteiger partial charge < -0.3 is 0 Å². The van der Waals surface area contributed by atoms with Crippen molar-refractivity contribution >= 4 is 28.2 Å². The van der Waals surface area contributed by atoms with Gasteiger partial charge in [0.1, 0.15) is 0 Å². The molecule has 0 unspecified atom stereocenters. The summed E-state index contributed by atoms with van der Waals surface area (Å²) in [6.45, 7) is 4.17. The minimum atomic E-state index is -0.0799. The van der Waals surface area contributed by atoms with Crippen LogP contribution in [0.15, 0.2) is 46.5 Å². The third-order valence-electron chi connectivity index (χ3n) is 2.82. The van der Waals surface area contributed by atoms with E-state index >= 15 is 0 Å². The van der Waals surface area contributed by atoms with Crippen molar-refractivity contribution in [3.05, 3.63) is 46.8 Å². The second-order valence-electron chi connectivity index (χ2n) is 4.57. The first-order valence-electron chi connectivity index (χ1n) is 6.10. The summed E-state index contributed by atoms with van der Waals surface area (Å²) < 4.78 is 1.77. The number of rotatable bonds is 2. The zero-order chi connectivity index (χ0) is 13.4. The summed E-state index contributed by atoms with van der Waals surface area (Å²) >= 11 is 1.60. The quantitative estimate of drug-likeness (QED) is 0.672. The highest BCUT2D eigenvalue weighted by Gasteiger charge is 2.10. The summed E-state index contributed by atoms with van der Waals surface area (Å²) in [5.74, 6) is 0. The van der Waals surface area contributed by atoms with E-state index in [1.807, 2.05) is 36.5 Å². The van der Waals surface area contributed by atoms with E-state index in [0.29, 0.717) is 16.3 Å². The molecule has 0 N–H and O–H groups in total. The molecule has 96 valence electrons. The number of thioether (sulfide) groups is 1. The lowest BCUT2D eigenvalue weighted by atomic mass is 10.2. The van der Waals surface area contributed by atoms with Crippen LogP contribution in [0.2, 0.25) is 0 Å². The molecule has 1 aromatic carbocycles. The predicted octanol–water partition coefficient (Wildman–Crippen LogP) is 2.74. The van der Waals surface area contributed by atoms with Crippen LogP contribution in [0.1, 0.15) is 13.8 Å². The van der Waals surface area contributed by atoms with Crippen LogP contribution in [0.25, 0.3) is 16.4 Å². The standard InChI is InChI=1S/C14H13N3OS/c1-9(2)19-14-16-15-13-12(18)11-6-4-3-5-10(11)7-8-17(13)14/h3-9H,1-2H3. The summed E-state index contributed by atoms with van der Waals surface area (Å²) in [4.78, 5) is 12.5. The summed E-state index contributed by atoms with van der Waals surface area (Å²) in [6, 6.07) is 9.46. The van der Waals surface area contributed by atoms with Gasteiger partial charge in [0.25, 0.3) is 0 Å². The van der Waals surface area contributed by atoms with Crippen molar-refractivity contribution in [1.82, 2.24) is 14.6 Å². The Hall–Kier alpha value is -1.88. The summed E-state index contributed by atoms with van der Waals surface area (Å²) in [6.07, 6.45) is 1.86. The highest BCUT2D eigenvalue weighted by atomic mass is 32.2. The fraction of sp³-hybridized carbons (Fsp3) is 0.214. The second kappa shape index (κ2) is 4.66. The summed E-state index contributed by atoms with van der Waals surface area (Å²) in [5.41, 5.74) is 0.299. The van der Waals surface area contributed by atoms with Gasteiger partial charge in [-0.05, 0) is 11.5 Å². The average Bonchev–Trinajstić information content (AvgIpc) is 2.71. The second-order valence-corrected chi connectivity index (χ2v) is 6.12. The van der Waals surface area contributed by atoms with Gasteiger partial charge >= 0.3 is 0 Å². The Balaban J connectivity index is 2.39. The van der Waals surface area contributed by atoms with Gasteiger partial charge in [-0.3, -0.25) is 9.20 Å². The molecule has 0 aliphatic rings. The Kier molecular flexibility index (Phi) is 2.98. The molecule has 0 atom stereocenters. The van der Waals surface area contributed by atoms with E-state index < -0.39 is 0 Å². The Morgan fingerprint density at radius 2 is 1.95 bits per heavy atom. The van der Waals surface area contributed by atoms with Crippen LogP contribution in [0.5, 0.6) is 0 Å². The molecular weight excluding hydrogens is 258 g/mol. The molecule has 2 heterocycles. The lowest BCUT2D eigenvalue weighted by Gasteiger charge is -2.00. The summed E-state index contributed by atoms with van der Waals surface area (Å²) in [5, 5.41) is 10.9. The van der Waals surface area contributed by atoms with Crippen molar-refractivity contribution in [1.29, 1.82) is 0 Å². The Bertz CT molecular complexity index is 810. The zero-order valence-electron chi connectivity index (χ0n) is 10.7. The van der Waals surface area contributed by atoms with E-state index in [9.17, 15) is 4.79 Å². The smallest absolute Gasteiger partial charge is 0.231 e. The molecule has 3 aromatic rings. The van der Waals surface area contributed by atoms with E-state index in [1.54, 1.807) is 16.2 Å². The fourth-order valence-corrected chi connectivity index (χ4v) is 2.75. The topological polar surface area (TPSA) is 47.3 Å². The maximum Gasteiger partial charge on any atom is 0.231 e. The highest BCUT2D eigenvalue weighted by molar-refractivity contribution is 7.99. The number of benzene rings is 1. The predicted molar refractivity (Wildman–Crippen MR) is 77.8 cm³/mol. The number of fused-ring (bicyclic) bond motifs is 2. The SMILES string of the molecule is CC(C)Sc1nnc2c(=O)c3ccccc3ccn12. The van der Waals surface area contributed by atoms with E-state index in [1.165, 1.54) is 0 Å². The van der Waals surface area contributed by atoms with Crippen molar-refractivity contribution in [2.75, 3.05) is 0 Å². The van der Waals surface area contributed by atoms with Crippen LogP contribution in [0.4, 0.5) is 0 Å². The molecule has 0 aliphatic heterocycles. The lowest BCUT2D eigenvalue weighted by molar-refractivity contribution is 0.913. The maximum absolute atomic E-state index is 12.5. The molecule has 0 spiro atoms. The normalized spacial score (nSPS) is 11.5. The monoisotopic (exact) mass is 271 g/mol. The number of hydrogen-bond donors (Lipinski definition) is 0. The van der Waals surface area contributed by atoms with E-state index in [-0.39, 0.29) is 5.43 Å². The summed E-state index contributed by atoms with van der Waals surface area (Å²) in [7, 11) is 0. The molecule has 0 saturated carbocycles. The number of nitrogens with zero attached hydrogens (tertiary/aromatic N) is 3. The van der Waals surface area contributed by atoms with E-state index in [0.717, 1.165) is 10.5 Å². The third-order valence-corrected chi connectivity index (χ3v) is 3.78. The van der Waals surface area contributed by atoms with Crippen molar-refractivity contribution < 1.29 is 0 Å². The van der Waals surface area contributed by atoms with Crippen molar-refractivity contribution in [3.63, 3.8) is 0 Å².